The summed E-state index contributed by atoms with van der Waals surface area (Å²) in [6.45, 7) is 0.128. The first-order valence-corrected chi connectivity index (χ1v) is 8.56. The summed E-state index contributed by atoms with van der Waals surface area (Å²) >= 11 is 1.51. The maximum absolute atomic E-state index is 13.2. The lowest BCUT2D eigenvalue weighted by molar-refractivity contribution is -0.116. The number of hydrogen-bond acceptors (Lipinski definition) is 3. The van der Waals surface area contributed by atoms with Crippen LogP contribution in [0.25, 0.3) is 10.9 Å². The van der Waals surface area contributed by atoms with Gasteiger partial charge in [-0.25, -0.2) is 4.39 Å². The van der Waals surface area contributed by atoms with E-state index in [1.54, 1.807) is 22.9 Å². The standard InChI is InChI=1S/C18H14FN3OS/c19-12-4-5-15-11(8-12)6-7-22(15)10-17(23)21-18-14(9-20)13-2-1-3-16(13)24-18/h4-8H,1-3,10H2,(H,21,23). The van der Waals surface area contributed by atoms with Crippen LogP contribution in [0.1, 0.15) is 22.4 Å². The zero-order chi connectivity index (χ0) is 16.7. The van der Waals surface area contributed by atoms with Gasteiger partial charge in [-0.3, -0.25) is 4.79 Å². The van der Waals surface area contributed by atoms with Gasteiger partial charge < -0.3 is 9.88 Å². The van der Waals surface area contributed by atoms with Gasteiger partial charge >= 0.3 is 0 Å². The van der Waals surface area contributed by atoms with Crippen LogP contribution in [0.2, 0.25) is 0 Å². The first-order valence-electron chi connectivity index (χ1n) is 7.74. The highest BCUT2D eigenvalue weighted by atomic mass is 32.1. The maximum atomic E-state index is 13.2. The minimum absolute atomic E-state index is 0.128. The van der Waals surface area contributed by atoms with Crippen molar-refractivity contribution < 1.29 is 9.18 Å². The molecule has 24 heavy (non-hydrogen) atoms. The van der Waals surface area contributed by atoms with Crippen LogP contribution in [0.15, 0.2) is 30.5 Å². The lowest BCUT2D eigenvalue weighted by Crippen LogP contribution is -2.18. The third-order valence-electron chi connectivity index (χ3n) is 4.33. The van der Waals surface area contributed by atoms with Crippen molar-refractivity contribution in [3.63, 3.8) is 0 Å². The number of nitrogens with one attached hydrogen (secondary N) is 1. The fourth-order valence-electron chi connectivity index (χ4n) is 3.24. The molecule has 4 rings (SSSR count). The van der Waals surface area contributed by atoms with Crippen LogP contribution in [-0.2, 0) is 24.2 Å². The average molecular weight is 339 g/mol. The molecule has 1 aliphatic rings. The normalized spacial score (nSPS) is 13.0. The van der Waals surface area contributed by atoms with Gasteiger partial charge in [-0.2, -0.15) is 5.26 Å². The summed E-state index contributed by atoms with van der Waals surface area (Å²) in [4.78, 5) is 13.6. The second kappa shape index (κ2) is 5.77. The number of aromatic nitrogens is 1. The average Bonchev–Trinajstić information content (AvgIpc) is 3.22. The molecule has 0 aliphatic heterocycles. The largest absolute Gasteiger partial charge is 0.338 e. The molecule has 1 N–H and O–H groups in total. The molecule has 0 bridgehead atoms. The summed E-state index contributed by atoms with van der Waals surface area (Å²) < 4.78 is 15.0. The van der Waals surface area contributed by atoms with Gasteiger partial charge in [0.15, 0.2) is 0 Å². The molecule has 0 saturated carbocycles. The topological polar surface area (TPSA) is 57.8 Å². The van der Waals surface area contributed by atoms with Crippen LogP contribution in [0.3, 0.4) is 0 Å². The van der Waals surface area contributed by atoms with Gasteiger partial charge in [0, 0.05) is 22.0 Å². The lowest BCUT2D eigenvalue weighted by atomic mass is 10.1. The van der Waals surface area contributed by atoms with Crippen molar-refractivity contribution in [1.82, 2.24) is 4.57 Å². The lowest BCUT2D eigenvalue weighted by Gasteiger charge is -2.07. The summed E-state index contributed by atoms with van der Waals surface area (Å²) in [6, 6.07) is 8.50. The van der Waals surface area contributed by atoms with Crippen molar-refractivity contribution in [1.29, 1.82) is 5.26 Å². The van der Waals surface area contributed by atoms with Gasteiger partial charge in [-0.15, -0.1) is 11.3 Å². The molecule has 0 radical (unpaired) electrons. The number of amides is 1. The molecule has 0 fully saturated rings. The van der Waals surface area contributed by atoms with Crippen LogP contribution >= 0.6 is 11.3 Å². The van der Waals surface area contributed by atoms with Crippen LogP contribution in [0.5, 0.6) is 0 Å². The Morgan fingerprint density at radius 3 is 3.08 bits per heavy atom. The molecular weight excluding hydrogens is 325 g/mol. The number of carbonyl (C=O) groups excluding carboxylic acids is 1. The summed E-state index contributed by atoms with van der Waals surface area (Å²) in [5.74, 6) is -0.482. The van der Waals surface area contributed by atoms with E-state index in [2.05, 4.69) is 11.4 Å². The quantitative estimate of drug-likeness (QED) is 0.788. The fraction of sp³-hybridized carbons (Fsp3) is 0.222. The molecule has 0 atom stereocenters. The molecular formula is C18H14FN3OS. The highest BCUT2D eigenvalue weighted by Crippen LogP contribution is 2.38. The number of thiophene rings is 1. The molecule has 6 heteroatoms. The van der Waals surface area contributed by atoms with E-state index in [0.29, 0.717) is 10.6 Å². The number of hydrogen-bond donors (Lipinski definition) is 1. The van der Waals surface area contributed by atoms with Crippen molar-refractivity contribution in [2.45, 2.75) is 25.8 Å². The van der Waals surface area contributed by atoms with E-state index in [-0.39, 0.29) is 18.3 Å². The van der Waals surface area contributed by atoms with E-state index in [9.17, 15) is 14.4 Å². The van der Waals surface area contributed by atoms with Crippen LogP contribution < -0.4 is 5.32 Å². The third kappa shape index (κ3) is 2.47. The van der Waals surface area contributed by atoms with Crippen molar-refractivity contribution in [2.24, 2.45) is 0 Å². The summed E-state index contributed by atoms with van der Waals surface area (Å²) in [6.07, 6.45) is 4.75. The minimum atomic E-state index is -0.295. The Morgan fingerprint density at radius 1 is 1.38 bits per heavy atom. The number of aryl methyl sites for hydroxylation is 1. The van der Waals surface area contributed by atoms with Gasteiger partial charge in [-0.05, 0) is 49.1 Å². The predicted octanol–water partition coefficient (Wildman–Crippen LogP) is 3.84. The van der Waals surface area contributed by atoms with Crippen molar-refractivity contribution in [3.8, 4) is 6.07 Å². The summed E-state index contributed by atoms with van der Waals surface area (Å²) in [5, 5.41) is 13.6. The fourth-order valence-corrected chi connectivity index (χ4v) is 4.50. The van der Waals surface area contributed by atoms with Crippen molar-refractivity contribution >= 4 is 33.1 Å². The van der Waals surface area contributed by atoms with Gasteiger partial charge in [0.1, 0.15) is 23.4 Å². The van der Waals surface area contributed by atoms with E-state index >= 15 is 0 Å². The molecule has 0 saturated heterocycles. The molecule has 120 valence electrons. The van der Waals surface area contributed by atoms with Gasteiger partial charge in [0.25, 0.3) is 0 Å². The zero-order valence-electron chi connectivity index (χ0n) is 12.8. The Hall–Kier alpha value is -2.65. The first kappa shape index (κ1) is 14.9. The Morgan fingerprint density at radius 2 is 2.25 bits per heavy atom. The zero-order valence-corrected chi connectivity index (χ0v) is 13.6. The minimum Gasteiger partial charge on any atom is -0.338 e. The van der Waals surface area contributed by atoms with Gasteiger partial charge in [0.05, 0.1) is 5.56 Å². The number of nitriles is 1. The number of carbonyl (C=O) groups is 1. The van der Waals surface area contributed by atoms with E-state index in [4.69, 9.17) is 0 Å². The number of fused-ring (bicyclic) bond motifs is 2. The third-order valence-corrected chi connectivity index (χ3v) is 5.54. The number of nitrogens with zero attached hydrogens (tertiary/aromatic N) is 2. The summed E-state index contributed by atoms with van der Waals surface area (Å²) in [5.41, 5.74) is 2.51. The molecule has 3 aromatic rings. The monoisotopic (exact) mass is 339 g/mol. The van der Waals surface area contributed by atoms with E-state index in [1.807, 2.05) is 0 Å². The molecule has 4 nitrogen and oxygen atoms in total. The van der Waals surface area contributed by atoms with E-state index in [1.165, 1.54) is 28.3 Å². The molecule has 1 amide bonds. The Balaban J connectivity index is 1.56. The highest BCUT2D eigenvalue weighted by Gasteiger charge is 2.23. The van der Waals surface area contributed by atoms with E-state index in [0.717, 1.165) is 35.7 Å². The van der Waals surface area contributed by atoms with E-state index < -0.39 is 0 Å². The Kier molecular flexibility index (Phi) is 3.58. The SMILES string of the molecule is N#Cc1c(NC(=O)Cn2ccc3cc(F)ccc32)sc2c1CCC2. The van der Waals surface area contributed by atoms with Crippen molar-refractivity contribution in [3.05, 3.63) is 52.3 Å². The Labute approximate surface area is 142 Å². The summed E-state index contributed by atoms with van der Waals surface area (Å²) in [7, 11) is 0. The van der Waals surface area contributed by atoms with Gasteiger partial charge in [-0.1, -0.05) is 0 Å². The highest BCUT2D eigenvalue weighted by molar-refractivity contribution is 7.16. The molecule has 0 unspecified atom stereocenters. The molecule has 2 heterocycles. The molecule has 0 spiro atoms. The molecule has 2 aromatic heterocycles. The number of anilines is 1. The molecule has 1 aliphatic carbocycles. The predicted molar refractivity (Wildman–Crippen MR) is 91.6 cm³/mol. The first-order chi connectivity index (χ1) is 11.7. The van der Waals surface area contributed by atoms with Crippen LogP contribution in [0, 0.1) is 17.1 Å². The number of benzene rings is 1. The second-order valence-electron chi connectivity index (χ2n) is 5.87. The second-order valence-corrected chi connectivity index (χ2v) is 6.97. The Bertz CT molecular complexity index is 996. The van der Waals surface area contributed by atoms with Crippen LogP contribution in [-0.4, -0.2) is 10.5 Å². The van der Waals surface area contributed by atoms with Crippen LogP contribution in [0.4, 0.5) is 9.39 Å². The number of halogens is 1. The van der Waals surface area contributed by atoms with Gasteiger partial charge in [0.2, 0.25) is 5.91 Å². The maximum Gasteiger partial charge on any atom is 0.244 e. The number of rotatable bonds is 3. The van der Waals surface area contributed by atoms with Crippen molar-refractivity contribution in [2.75, 3.05) is 5.32 Å². The molecule has 1 aromatic carbocycles. The smallest absolute Gasteiger partial charge is 0.244 e.